The van der Waals surface area contributed by atoms with Crippen LogP contribution in [0.4, 0.5) is 5.69 Å². The van der Waals surface area contributed by atoms with E-state index in [-0.39, 0.29) is 5.91 Å². The SMILES string of the molecule is CCN(CC)c1ccc([C@H]2[C@H](C#N)C(=O)NC(=O)[C@@H]2[n+]2ccccc2)cc1. The smallest absolute Gasteiger partial charge is 0.296 e. The quantitative estimate of drug-likeness (QED) is 0.651. The topological polar surface area (TPSA) is 77.1 Å². The number of hydrogen-bond acceptors (Lipinski definition) is 4. The molecule has 6 heteroatoms. The number of amides is 2. The van der Waals surface area contributed by atoms with Crippen molar-refractivity contribution in [3.05, 3.63) is 60.4 Å². The number of nitrogens with zero attached hydrogens (tertiary/aromatic N) is 3. The molecule has 1 aromatic heterocycles. The normalized spacial score (nSPS) is 22.0. The lowest BCUT2D eigenvalue weighted by Gasteiger charge is -2.30. The van der Waals surface area contributed by atoms with E-state index >= 15 is 0 Å². The summed E-state index contributed by atoms with van der Waals surface area (Å²) >= 11 is 0. The number of piperidine rings is 1. The molecule has 3 rings (SSSR count). The lowest BCUT2D eigenvalue weighted by atomic mass is 9.77. The van der Waals surface area contributed by atoms with Crippen LogP contribution in [0.2, 0.25) is 0 Å². The molecule has 0 unspecified atom stereocenters. The van der Waals surface area contributed by atoms with Gasteiger partial charge < -0.3 is 4.90 Å². The Morgan fingerprint density at radius 2 is 1.67 bits per heavy atom. The zero-order chi connectivity index (χ0) is 19.4. The first-order chi connectivity index (χ1) is 13.1. The lowest BCUT2D eigenvalue weighted by Crippen LogP contribution is -2.59. The van der Waals surface area contributed by atoms with Crippen LogP contribution in [0.5, 0.6) is 0 Å². The molecule has 1 N–H and O–H groups in total. The van der Waals surface area contributed by atoms with Crippen molar-refractivity contribution in [1.82, 2.24) is 5.32 Å². The highest BCUT2D eigenvalue weighted by molar-refractivity contribution is 6.02. The van der Waals surface area contributed by atoms with E-state index in [2.05, 4.69) is 30.1 Å². The van der Waals surface area contributed by atoms with E-state index in [4.69, 9.17) is 0 Å². The molecule has 1 saturated heterocycles. The Balaban J connectivity index is 2.05. The fraction of sp³-hybridized carbons (Fsp3) is 0.333. The first-order valence-electron chi connectivity index (χ1n) is 9.15. The van der Waals surface area contributed by atoms with Crippen LogP contribution < -0.4 is 14.8 Å². The molecule has 138 valence electrons. The molecule has 0 bridgehead atoms. The number of imide groups is 1. The van der Waals surface area contributed by atoms with Crippen LogP contribution in [0.25, 0.3) is 0 Å². The molecule has 1 aliphatic rings. The molecule has 1 fully saturated rings. The van der Waals surface area contributed by atoms with Gasteiger partial charge in [0, 0.05) is 30.9 Å². The highest BCUT2D eigenvalue weighted by Gasteiger charge is 2.50. The second-order valence-electron chi connectivity index (χ2n) is 6.52. The van der Waals surface area contributed by atoms with Gasteiger partial charge in [-0.05, 0) is 31.5 Å². The largest absolute Gasteiger partial charge is 0.372 e. The molecule has 0 saturated carbocycles. The predicted octanol–water partition coefficient (Wildman–Crippen LogP) is 1.94. The van der Waals surface area contributed by atoms with Crippen LogP contribution in [0.1, 0.15) is 31.4 Å². The van der Waals surface area contributed by atoms with Gasteiger partial charge in [0.1, 0.15) is 5.92 Å². The van der Waals surface area contributed by atoms with Crippen LogP contribution in [-0.2, 0) is 9.59 Å². The summed E-state index contributed by atoms with van der Waals surface area (Å²) in [5.41, 5.74) is 1.88. The number of carbonyl (C=O) groups is 2. The average molecular weight is 363 g/mol. The van der Waals surface area contributed by atoms with Crippen molar-refractivity contribution < 1.29 is 14.2 Å². The van der Waals surface area contributed by atoms with E-state index in [0.717, 1.165) is 24.3 Å². The Morgan fingerprint density at radius 1 is 1.04 bits per heavy atom. The van der Waals surface area contributed by atoms with E-state index in [1.807, 2.05) is 42.5 Å². The number of pyridine rings is 1. The molecule has 1 aromatic carbocycles. The molecule has 2 heterocycles. The fourth-order valence-corrected chi connectivity index (χ4v) is 3.71. The second-order valence-corrected chi connectivity index (χ2v) is 6.52. The summed E-state index contributed by atoms with van der Waals surface area (Å²) < 4.78 is 1.76. The molecule has 1 aliphatic heterocycles. The van der Waals surface area contributed by atoms with Crippen LogP contribution in [0.3, 0.4) is 0 Å². The maximum absolute atomic E-state index is 12.6. The summed E-state index contributed by atoms with van der Waals surface area (Å²) in [7, 11) is 0. The number of benzene rings is 1. The van der Waals surface area contributed by atoms with Crippen molar-refractivity contribution >= 4 is 17.5 Å². The predicted molar refractivity (Wildman–Crippen MR) is 101 cm³/mol. The third-order valence-corrected chi connectivity index (χ3v) is 5.10. The minimum atomic E-state index is -0.931. The first-order valence-corrected chi connectivity index (χ1v) is 9.15. The minimum Gasteiger partial charge on any atom is -0.372 e. The maximum Gasteiger partial charge on any atom is 0.296 e. The average Bonchev–Trinajstić information content (AvgIpc) is 2.69. The molecule has 0 radical (unpaired) electrons. The van der Waals surface area contributed by atoms with Gasteiger partial charge in [-0.1, -0.05) is 18.2 Å². The van der Waals surface area contributed by atoms with Gasteiger partial charge in [-0.2, -0.15) is 9.83 Å². The summed E-state index contributed by atoms with van der Waals surface area (Å²) in [6, 6.07) is 14.8. The Hall–Kier alpha value is -3.20. The molecule has 27 heavy (non-hydrogen) atoms. The van der Waals surface area contributed by atoms with Crippen LogP contribution >= 0.6 is 0 Å². The minimum absolute atomic E-state index is 0.388. The van der Waals surface area contributed by atoms with Crippen molar-refractivity contribution in [2.75, 3.05) is 18.0 Å². The highest BCUT2D eigenvalue weighted by atomic mass is 16.2. The first kappa shape index (κ1) is 18.6. The summed E-state index contributed by atoms with van der Waals surface area (Å²) in [4.78, 5) is 27.2. The maximum atomic E-state index is 12.6. The molecule has 0 spiro atoms. The summed E-state index contributed by atoms with van der Waals surface area (Å²) in [6.45, 7) is 5.97. The Morgan fingerprint density at radius 3 is 2.22 bits per heavy atom. The van der Waals surface area contributed by atoms with Crippen LogP contribution in [-0.4, -0.2) is 24.9 Å². The Labute approximate surface area is 159 Å². The standard InChI is InChI=1S/C21H22N4O2/c1-3-24(4-2)16-10-8-15(9-11-16)18-17(14-22)20(26)23-21(27)19(18)25-12-6-5-7-13-25/h5-13,17-19H,3-4H2,1-2H3/p+1/t17-,18-,19+/m0/s1. The fourth-order valence-electron chi connectivity index (χ4n) is 3.71. The monoisotopic (exact) mass is 363 g/mol. The van der Waals surface area contributed by atoms with Crippen LogP contribution in [0, 0.1) is 17.2 Å². The lowest BCUT2D eigenvalue weighted by molar-refractivity contribution is -0.713. The number of hydrogen-bond donors (Lipinski definition) is 1. The molecule has 6 nitrogen and oxygen atoms in total. The van der Waals surface area contributed by atoms with Crippen molar-refractivity contribution in [1.29, 1.82) is 5.26 Å². The van der Waals surface area contributed by atoms with Gasteiger partial charge in [0.05, 0.1) is 12.0 Å². The number of nitrogens with one attached hydrogen (secondary N) is 1. The summed E-state index contributed by atoms with van der Waals surface area (Å²) in [5, 5.41) is 12.0. The second kappa shape index (κ2) is 8.00. The number of anilines is 1. The van der Waals surface area contributed by atoms with Gasteiger partial charge in [0.15, 0.2) is 12.4 Å². The highest BCUT2D eigenvalue weighted by Crippen LogP contribution is 2.36. The van der Waals surface area contributed by atoms with Crippen molar-refractivity contribution in [3.8, 4) is 6.07 Å². The molecular formula is C21H23N4O2+. The van der Waals surface area contributed by atoms with E-state index in [0.29, 0.717) is 0 Å². The summed E-state index contributed by atoms with van der Waals surface area (Å²) in [6.07, 6.45) is 3.57. The number of nitriles is 1. The third-order valence-electron chi connectivity index (χ3n) is 5.10. The van der Waals surface area contributed by atoms with Gasteiger partial charge in [0.2, 0.25) is 11.9 Å². The van der Waals surface area contributed by atoms with Crippen molar-refractivity contribution in [2.45, 2.75) is 25.8 Å². The van der Waals surface area contributed by atoms with E-state index in [9.17, 15) is 14.9 Å². The van der Waals surface area contributed by atoms with Gasteiger partial charge in [0.25, 0.3) is 5.91 Å². The number of carbonyl (C=O) groups excluding carboxylic acids is 2. The van der Waals surface area contributed by atoms with E-state index in [1.165, 1.54) is 0 Å². The van der Waals surface area contributed by atoms with Gasteiger partial charge in [-0.25, -0.2) is 0 Å². The van der Waals surface area contributed by atoms with E-state index < -0.39 is 23.8 Å². The van der Waals surface area contributed by atoms with Crippen molar-refractivity contribution in [3.63, 3.8) is 0 Å². The Bertz CT molecular complexity index is 854. The molecule has 2 amide bonds. The molecular weight excluding hydrogens is 340 g/mol. The zero-order valence-electron chi connectivity index (χ0n) is 15.5. The molecule has 3 atom stereocenters. The van der Waals surface area contributed by atoms with Gasteiger partial charge in [-0.15, -0.1) is 0 Å². The number of rotatable bonds is 5. The van der Waals surface area contributed by atoms with Gasteiger partial charge in [-0.3, -0.25) is 14.9 Å². The zero-order valence-corrected chi connectivity index (χ0v) is 15.5. The van der Waals surface area contributed by atoms with Crippen LogP contribution in [0.15, 0.2) is 54.9 Å². The van der Waals surface area contributed by atoms with E-state index in [1.54, 1.807) is 17.0 Å². The van der Waals surface area contributed by atoms with Gasteiger partial charge >= 0.3 is 0 Å². The van der Waals surface area contributed by atoms with Crippen molar-refractivity contribution in [2.24, 2.45) is 5.92 Å². The Kier molecular flexibility index (Phi) is 5.51. The number of aromatic nitrogens is 1. The molecule has 2 aromatic rings. The summed E-state index contributed by atoms with van der Waals surface area (Å²) in [5.74, 6) is -2.40. The third kappa shape index (κ3) is 3.54. The molecule has 0 aliphatic carbocycles.